The van der Waals surface area contributed by atoms with Crippen molar-refractivity contribution < 1.29 is 4.79 Å². The second kappa shape index (κ2) is 4.28. The van der Waals surface area contributed by atoms with E-state index < -0.39 is 0 Å². The molecular formula is C10H19N3O. The van der Waals surface area contributed by atoms with Gasteiger partial charge in [-0.15, -0.1) is 0 Å². The van der Waals surface area contributed by atoms with Crippen LogP contribution in [0.1, 0.15) is 19.8 Å². The van der Waals surface area contributed by atoms with Crippen molar-refractivity contribution >= 4 is 5.91 Å². The minimum Gasteiger partial charge on any atom is -0.352 e. The fourth-order valence-electron chi connectivity index (χ4n) is 2.36. The van der Waals surface area contributed by atoms with Crippen LogP contribution in [0.5, 0.6) is 0 Å². The summed E-state index contributed by atoms with van der Waals surface area (Å²) < 4.78 is 0. The van der Waals surface area contributed by atoms with Crippen LogP contribution in [0.4, 0.5) is 0 Å². The van der Waals surface area contributed by atoms with Crippen LogP contribution in [0, 0.1) is 0 Å². The minimum absolute atomic E-state index is 0.200. The van der Waals surface area contributed by atoms with Crippen LogP contribution >= 0.6 is 0 Å². The third-order valence-electron chi connectivity index (χ3n) is 3.09. The number of nitrogens with zero attached hydrogens (tertiary/aromatic N) is 1. The number of carbonyl (C=O) groups is 1. The summed E-state index contributed by atoms with van der Waals surface area (Å²) in [6, 6.07) is 0.941. The lowest BCUT2D eigenvalue weighted by atomic mass is 10.2. The van der Waals surface area contributed by atoms with Crippen molar-refractivity contribution in [3.05, 3.63) is 0 Å². The van der Waals surface area contributed by atoms with Crippen LogP contribution in [0.15, 0.2) is 0 Å². The largest absolute Gasteiger partial charge is 0.352 e. The standard InChI is InChI=1S/C10H19N3O/c1-8-7-13(5-3-10(14)12-8)9-2-4-11-6-9/h8-9,11H,2-7H2,1H3,(H,12,14). The fourth-order valence-corrected chi connectivity index (χ4v) is 2.36. The number of nitrogens with one attached hydrogen (secondary N) is 2. The van der Waals surface area contributed by atoms with Crippen LogP contribution in [0.2, 0.25) is 0 Å². The average molecular weight is 197 g/mol. The molecule has 0 spiro atoms. The Labute approximate surface area is 85.0 Å². The molecule has 0 radical (unpaired) electrons. The van der Waals surface area contributed by atoms with E-state index in [1.807, 2.05) is 0 Å². The van der Waals surface area contributed by atoms with Gasteiger partial charge in [0.05, 0.1) is 0 Å². The lowest BCUT2D eigenvalue weighted by molar-refractivity contribution is -0.121. The predicted octanol–water partition coefficient (Wildman–Crippen LogP) is -0.441. The summed E-state index contributed by atoms with van der Waals surface area (Å²) in [6.45, 7) is 6.21. The molecule has 0 aliphatic carbocycles. The van der Waals surface area contributed by atoms with Gasteiger partial charge in [0.25, 0.3) is 0 Å². The van der Waals surface area contributed by atoms with E-state index in [1.165, 1.54) is 6.42 Å². The zero-order valence-corrected chi connectivity index (χ0v) is 8.75. The number of hydrogen-bond donors (Lipinski definition) is 2. The maximum atomic E-state index is 11.3. The van der Waals surface area contributed by atoms with Gasteiger partial charge in [-0.25, -0.2) is 0 Å². The van der Waals surface area contributed by atoms with Crippen molar-refractivity contribution in [2.45, 2.75) is 31.8 Å². The quantitative estimate of drug-likeness (QED) is 0.599. The molecule has 1 amide bonds. The maximum absolute atomic E-state index is 11.3. The first kappa shape index (κ1) is 9.93. The highest BCUT2D eigenvalue weighted by Gasteiger charge is 2.26. The lowest BCUT2D eigenvalue weighted by Crippen LogP contribution is -2.42. The molecule has 0 aromatic carbocycles. The van der Waals surface area contributed by atoms with Crippen LogP contribution in [0.3, 0.4) is 0 Å². The number of hydrogen-bond acceptors (Lipinski definition) is 3. The molecule has 2 N–H and O–H groups in total. The van der Waals surface area contributed by atoms with E-state index in [9.17, 15) is 4.79 Å². The Morgan fingerprint density at radius 2 is 2.36 bits per heavy atom. The molecule has 2 aliphatic heterocycles. The van der Waals surface area contributed by atoms with Crippen LogP contribution < -0.4 is 10.6 Å². The molecule has 4 heteroatoms. The van der Waals surface area contributed by atoms with Gasteiger partial charge in [-0.2, -0.15) is 0 Å². The molecular weight excluding hydrogens is 178 g/mol. The summed E-state index contributed by atoms with van der Waals surface area (Å²) >= 11 is 0. The van der Waals surface area contributed by atoms with Crippen LogP contribution in [0.25, 0.3) is 0 Å². The summed E-state index contributed by atoms with van der Waals surface area (Å²) in [6.07, 6.45) is 1.88. The van der Waals surface area contributed by atoms with Crippen molar-refractivity contribution in [3.8, 4) is 0 Å². The molecule has 14 heavy (non-hydrogen) atoms. The van der Waals surface area contributed by atoms with E-state index in [4.69, 9.17) is 0 Å². The molecule has 0 bridgehead atoms. The topological polar surface area (TPSA) is 44.4 Å². The summed E-state index contributed by atoms with van der Waals surface area (Å²) in [5.74, 6) is 0.200. The van der Waals surface area contributed by atoms with Crippen molar-refractivity contribution in [1.29, 1.82) is 0 Å². The Kier molecular flexibility index (Phi) is 3.03. The zero-order valence-electron chi connectivity index (χ0n) is 8.75. The summed E-state index contributed by atoms with van der Waals surface area (Å²) in [4.78, 5) is 13.7. The summed E-state index contributed by atoms with van der Waals surface area (Å²) in [5.41, 5.74) is 0. The SMILES string of the molecule is CC1CN(C2CCNC2)CCC(=O)N1. The number of amides is 1. The molecule has 2 aliphatic rings. The first-order chi connectivity index (χ1) is 6.75. The van der Waals surface area contributed by atoms with E-state index in [0.29, 0.717) is 18.5 Å². The molecule has 2 unspecified atom stereocenters. The predicted molar refractivity (Wildman–Crippen MR) is 55.1 cm³/mol. The highest BCUT2D eigenvalue weighted by atomic mass is 16.1. The fraction of sp³-hybridized carbons (Fsp3) is 0.900. The van der Waals surface area contributed by atoms with Gasteiger partial charge < -0.3 is 10.6 Å². The first-order valence-electron chi connectivity index (χ1n) is 5.50. The normalized spacial score (nSPS) is 35.4. The summed E-state index contributed by atoms with van der Waals surface area (Å²) in [7, 11) is 0. The Balaban J connectivity index is 1.94. The lowest BCUT2D eigenvalue weighted by Gasteiger charge is -2.27. The van der Waals surface area contributed by atoms with Crippen LogP contribution in [-0.2, 0) is 4.79 Å². The molecule has 2 heterocycles. The van der Waals surface area contributed by atoms with Gasteiger partial charge in [-0.3, -0.25) is 9.69 Å². The molecule has 2 fully saturated rings. The third kappa shape index (κ3) is 2.25. The van der Waals surface area contributed by atoms with Gasteiger partial charge in [0.15, 0.2) is 0 Å². The minimum atomic E-state index is 0.200. The second-order valence-electron chi connectivity index (χ2n) is 4.36. The molecule has 2 saturated heterocycles. The highest BCUT2D eigenvalue weighted by Crippen LogP contribution is 2.11. The average Bonchev–Trinajstić information content (AvgIpc) is 2.59. The van der Waals surface area contributed by atoms with Gasteiger partial charge in [-0.05, 0) is 19.9 Å². The van der Waals surface area contributed by atoms with Crippen molar-refractivity contribution in [1.82, 2.24) is 15.5 Å². The Bertz CT molecular complexity index is 213. The van der Waals surface area contributed by atoms with Gasteiger partial charge in [0, 0.05) is 38.1 Å². The maximum Gasteiger partial charge on any atom is 0.221 e. The van der Waals surface area contributed by atoms with Gasteiger partial charge in [0.1, 0.15) is 0 Å². The molecule has 2 atom stereocenters. The van der Waals surface area contributed by atoms with Gasteiger partial charge in [0.2, 0.25) is 5.91 Å². The Hall–Kier alpha value is -0.610. The number of carbonyl (C=O) groups excluding carboxylic acids is 1. The number of rotatable bonds is 1. The molecule has 4 nitrogen and oxygen atoms in total. The zero-order chi connectivity index (χ0) is 9.97. The van der Waals surface area contributed by atoms with Crippen molar-refractivity contribution in [2.75, 3.05) is 26.2 Å². The monoisotopic (exact) mass is 197 g/mol. The molecule has 0 aromatic heterocycles. The Morgan fingerprint density at radius 3 is 3.07 bits per heavy atom. The first-order valence-corrected chi connectivity index (χ1v) is 5.50. The van der Waals surface area contributed by atoms with Gasteiger partial charge in [-0.1, -0.05) is 0 Å². The van der Waals surface area contributed by atoms with Crippen molar-refractivity contribution in [2.24, 2.45) is 0 Å². The molecule has 2 rings (SSSR count). The van der Waals surface area contributed by atoms with E-state index in [2.05, 4.69) is 22.5 Å². The molecule has 0 saturated carbocycles. The smallest absolute Gasteiger partial charge is 0.221 e. The van der Waals surface area contributed by atoms with Crippen LogP contribution in [-0.4, -0.2) is 49.1 Å². The van der Waals surface area contributed by atoms with Gasteiger partial charge >= 0.3 is 0 Å². The van der Waals surface area contributed by atoms with E-state index in [0.717, 1.165) is 26.2 Å². The van der Waals surface area contributed by atoms with E-state index >= 15 is 0 Å². The molecule has 80 valence electrons. The highest BCUT2D eigenvalue weighted by molar-refractivity contribution is 5.76. The summed E-state index contributed by atoms with van der Waals surface area (Å²) in [5, 5.41) is 6.36. The van der Waals surface area contributed by atoms with E-state index in [1.54, 1.807) is 0 Å². The van der Waals surface area contributed by atoms with Crippen molar-refractivity contribution in [3.63, 3.8) is 0 Å². The third-order valence-corrected chi connectivity index (χ3v) is 3.09. The Morgan fingerprint density at radius 1 is 1.50 bits per heavy atom. The second-order valence-corrected chi connectivity index (χ2v) is 4.36. The molecule has 0 aromatic rings. The van der Waals surface area contributed by atoms with E-state index in [-0.39, 0.29) is 5.91 Å².